The Balaban J connectivity index is 2.14. The number of carbonyl (C=O) groups excluding carboxylic acids is 2. The Bertz CT molecular complexity index is 643. The molecule has 0 aliphatic heterocycles. The Hall–Kier alpha value is -2.01. The summed E-state index contributed by atoms with van der Waals surface area (Å²) in [6.07, 6.45) is 0. The molecule has 4 nitrogen and oxygen atoms in total. The van der Waals surface area contributed by atoms with Crippen molar-refractivity contribution in [1.29, 1.82) is 0 Å². The SMILES string of the molecule is CC(=O)NC(CS)C(=O)Nc1ccc2ccccc2c1. The van der Waals surface area contributed by atoms with Crippen LogP contribution in [0, 0.1) is 0 Å². The highest BCUT2D eigenvalue weighted by Crippen LogP contribution is 2.18. The van der Waals surface area contributed by atoms with Crippen molar-refractivity contribution in [3.8, 4) is 0 Å². The van der Waals surface area contributed by atoms with E-state index in [1.54, 1.807) is 0 Å². The van der Waals surface area contributed by atoms with Crippen LogP contribution in [-0.2, 0) is 9.59 Å². The second-order valence-electron chi connectivity index (χ2n) is 4.49. The van der Waals surface area contributed by atoms with Gasteiger partial charge in [-0.15, -0.1) is 0 Å². The number of fused-ring (bicyclic) bond motifs is 1. The number of benzene rings is 2. The van der Waals surface area contributed by atoms with Gasteiger partial charge in [0.2, 0.25) is 11.8 Å². The van der Waals surface area contributed by atoms with Crippen molar-refractivity contribution >= 4 is 40.9 Å². The fourth-order valence-corrected chi connectivity index (χ4v) is 2.19. The molecule has 2 aromatic rings. The van der Waals surface area contributed by atoms with Gasteiger partial charge in [0, 0.05) is 18.4 Å². The Labute approximate surface area is 123 Å². The number of thiol groups is 1. The van der Waals surface area contributed by atoms with Crippen molar-refractivity contribution in [2.24, 2.45) is 0 Å². The van der Waals surface area contributed by atoms with E-state index in [9.17, 15) is 9.59 Å². The highest BCUT2D eigenvalue weighted by atomic mass is 32.1. The lowest BCUT2D eigenvalue weighted by Crippen LogP contribution is -2.44. The number of hydrogen-bond donors (Lipinski definition) is 3. The van der Waals surface area contributed by atoms with Crippen LogP contribution in [0.15, 0.2) is 42.5 Å². The van der Waals surface area contributed by atoms with Crippen LogP contribution in [0.5, 0.6) is 0 Å². The van der Waals surface area contributed by atoms with E-state index in [1.165, 1.54) is 6.92 Å². The average Bonchev–Trinajstić information content (AvgIpc) is 2.44. The lowest BCUT2D eigenvalue weighted by molar-refractivity contribution is -0.124. The molecule has 2 aromatic carbocycles. The van der Waals surface area contributed by atoms with Crippen LogP contribution in [0.1, 0.15) is 6.92 Å². The summed E-state index contributed by atoms with van der Waals surface area (Å²) in [5.74, 6) is -0.276. The fraction of sp³-hybridized carbons (Fsp3) is 0.200. The monoisotopic (exact) mass is 288 g/mol. The van der Waals surface area contributed by atoms with Crippen LogP contribution in [0.25, 0.3) is 10.8 Å². The quantitative estimate of drug-likeness (QED) is 0.756. The minimum absolute atomic E-state index is 0.249. The lowest BCUT2D eigenvalue weighted by Gasteiger charge is -2.15. The predicted octanol–water partition coefficient (Wildman–Crippen LogP) is 2.21. The molecule has 0 saturated heterocycles. The zero-order valence-corrected chi connectivity index (χ0v) is 12.0. The lowest BCUT2D eigenvalue weighted by atomic mass is 10.1. The molecule has 0 aliphatic carbocycles. The summed E-state index contributed by atoms with van der Waals surface area (Å²) in [4.78, 5) is 23.1. The maximum absolute atomic E-state index is 12.0. The van der Waals surface area contributed by atoms with Gasteiger partial charge in [0.05, 0.1) is 0 Å². The summed E-state index contributed by atoms with van der Waals surface area (Å²) in [5, 5.41) is 7.50. The summed E-state index contributed by atoms with van der Waals surface area (Å²) in [7, 11) is 0. The van der Waals surface area contributed by atoms with Crippen LogP contribution in [0.2, 0.25) is 0 Å². The van der Waals surface area contributed by atoms with E-state index < -0.39 is 6.04 Å². The Morgan fingerprint density at radius 2 is 1.85 bits per heavy atom. The Kier molecular flexibility index (Phi) is 4.63. The first-order valence-corrected chi connectivity index (χ1v) is 6.91. The van der Waals surface area contributed by atoms with Gasteiger partial charge < -0.3 is 10.6 Å². The zero-order valence-electron chi connectivity index (χ0n) is 11.1. The van der Waals surface area contributed by atoms with E-state index in [1.807, 2.05) is 42.5 Å². The largest absolute Gasteiger partial charge is 0.344 e. The van der Waals surface area contributed by atoms with Gasteiger partial charge in [-0.05, 0) is 22.9 Å². The molecule has 2 N–H and O–H groups in total. The fourth-order valence-electron chi connectivity index (χ4n) is 1.94. The predicted molar refractivity (Wildman–Crippen MR) is 84.0 cm³/mol. The van der Waals surface area contributed by atoms with Crippen molar-refractivity contribution in [2.45, 2.75) is 13.0 Å². The molecular formula is C15H16N2O2S. The summed E-state index contributed by atoms with van der Waals surface area (Å²) in [6.45, 7) is 1.37. The van der Waals surface area contributed by atoms with Gasteiger partial charge >= 0.3 is 0 Å². The number of anilines is 1. The first-order chi connectivity index (χ1) is 9.60. The van der Waals surface area contributed by atoms with Gasteiger partial charge in [0.25, 0.3) is 0 Å². The van der Waals surface area contributed by atoms with Crippen LogP contribution in [-0.4, -0.2) is 23.6 Å². The van der Waals surface area contributed by atoms with E-state index in [0.717, 1.165) is 10.8 Å². The molecule has 2 amide bonds. The summed E-state index contributed by atoms with van der Waals surface area (Å²) < 4.78 is 0. The third kappa shape index (κ3) is 3.51. The van der Waals surface area contributed by atoms with Crippen LogP contribution < -0.4 is 10.6 Å². The second kappa shape index (κ2) is 6.43. The van der Waals surface area contributed by atoms with Gasteiger partial charge in [-0.3, -0.25) is 9.59 Å². The molecular weight excluding hydrogens is 272 g/mol. The molecule has 0 aliphatic rings. The summed E-state index contributed by atoms with van der Waals surface area (Å²) in [5.41, 5.74) is 0.700. The molecule has 0 aromatic heterocycles. The zero-order chi connectivity index (χ0) is 14.5. The van der Waals surface area contributed by atoms with Gasteiger partial charge in [-0.2, -0.15) is 12.6 Å². The van der Waals surface area contributed by atoms with E-state index in [-0.39, 0.29) is 17.6 Å². The van der Waals surface area contributed by atoms with Crippen molar-refractivity contribution < 1.29 is 9.59 Å². The van der Waals surface area contributed by atoms with Crippen LogP contribution in [0.3, 0.4) is 0 Å². The first kappa shape index (κ1) is 14.4. The standard InChI is InChI=1S/C15H16N2O2S/c1-10(18)16-14(9-20)15(19)17-13-7-6-11-4-2-3-5-12(11)8-13/h2-8,14,20H,9H2,1H3,(H,16,18)(H,17,19). The van der Waals surface area contributed by atoms with Crippen LogP contribution >= 0.6 is 12.6 Å². The van der Waals surface area contributed by atoms with E-state index in [2.05, 4.69) is 23.3 Å². The van der Waals surface area contributed by atoms with E-state index in [4.69, 9.17) is 0 Å². The van der Waals surface area contributed by atoms with E-state index in [0.29, 0.717) is 5.69 Å². The smallest absolute Gasteiger partial charge is 0.247 e. The van der Waals surface area contributed by atoms with E-state index >= 15 is 0 Å². The third-order valence-corrected chi connectivity index (χ3v) is 3.26. The normalized spacial score (nSPS) is 11.9. The number of rotatable bonds is 4. The molecule has 1 unspecified atom stereocenters. The summed E-state index contributed by atoms with van der Waals surface area (Å²) >= 11 is 4.08. The maximum atomic E-state index is 12.0. The molecule has 0 bridgehead atoms. The first-order valence-electron chi connectivity index (χ1n) is 6.28. The second-order valence-corrected chi connectivity index (χ2v) is 4.85. The van der Waals surface area contributed by atoms with Crippen molar-refractivity contribution in [1.82, 2.24) is 5.32 Å². The van der Waals surface area contributed by atoms with Gasteiger partial charge in [-0.1, -0.05) is 30.3 Å². The van der Waals surface area contributed by atoms with Gasteiger partial charge in [0.1, 0.15) is 6.04 Å². The molecule has 0 spiro atoms. The molecule has 20 heavy (non-hydrogen) atoms. The molecule has 0 radical (unpaired) electrons. The molecule has 0 heterocycles. The molecule has 0 saturated carbocycles. The Morgan fingerprint density at radius 3 is 2.50 bits per heavy atom. The number of hydrogen-bond acceptors (Lipinski definition) is 3. The Morgan fingerprint density at radius 1 is 1.15 bits per heavy atom. The third-order valence-electron chi connectivity index (χ3n) is 2.89. The maximum Gasteiger partial charge on any atom is 0.247 e. The highest BCUT2D eigenvalue weighted by Gasteiger charge is 2.17. The van der Waals surface area contributed by atoms with Crippen molar-refractivity contribution in [3.63, 3.8) is 0 Å². The van der Waals surface area contributed by atoms with Gasteiger partial charge in [0.15, 0.2) is 0 Å². The highest BCUT2D eigenvalue weighted by molar-refractivity contribution is 7.80. The minimum atomic E-state index is -0.637. The molecule has 104 valence electrons. The van der Waals surface area contributed by atoms with Crippen molar-refractivity contribution in [2.75, 3.05) is 11.1 Å². The topological polar surface area (TPSA) is 58.2 Å². The van der Waals surface area contributed by atoms with Crippen LogP contribution in [0.4, 0.5) is 5.69 Å². The van der Waals surface area contributed by atoms with Crippen molar-refractivity contribution in [3.05, 3.63) is 42.5 Å². The molecule has 2 rings (SSSR count). The molecule has 0 fully saturated rings. The average molecular weight is 288 g/mol. The number of nitrogens with one attached hydrogen (secondary N) is 2. The molecule has 5 heteroatoms. The van der Waals surface area contributed by atoms with Gasteiger partial charge in [-0.25, -0.2) is 0 Å². The minimum Gasteiger partial charge on any atom is -0.344 e. The number of carbonyl (C=O) groups is 2. The summed E-state index contributed by atoms with van der Waals surface area (Å²) in [6, 6.07) is 12.9. The molecule has 1 atom stereocenters. The number of amides is 2.